The maximum atomic E-state index is 14.4. The molecule has 0 aliphatic carbocycles. The van der Waals surface area contributed by atoms with Crippen LogP contribution in [0.25, 0.3) is 11.6 Å². The van der Waals surface area contributed by atoms with E-state index in [0.717, 1.165) is 11.3 Å². The van der Waals surface area contributed by atoms with Gasteiger partial charge in [0.15, 0.2) is 17.9 Å². The Morgan fingerprint density at radius 3 is 2.41 bits per heavy atom. The first kappa shape index (κ1) is 17.3. The van der Waals surface area contributed by atoms with Gasteiger partial charge in [-0.1, -0.05) is 0 Å². The molecule has 0 saturated heterocycles. The lowest BCUT2D eigenvalue weighted by Crippen LogP contribution is -2.37. The number of halogens is 1. The molecule has 7 nitrogen and oxygen atoms in total. The van der Waals surface area contributed by atoms with Crippen molar-refractivity contribution in [2.75, 3.05) is 25.7 Å². The molecule has 0 bridgehead atoms. The number of fused-ring (bicyclic) bond motifs is 1. The number of hydrogen-bond acceptors (Lipinski definition) is 7. The van der Waals surface area contributed by atoms with Gasteiger partial charge < -0.3 is 14.4 Å². The van der Waals surface area contributed by atoms with Crippen molar-refractivity contribution in [3.63, 3.8) is 0 Å². The summed E-state index contributed by atoms with van der Waals surface area (Å²) in [7, 11) is 3.11. The standard InChI is InChI=1S/C19H18FN5O2/c1-26-13-8-15-14(16(20)9-13)4-7-25(19(15)27-2)12-10-23-18(24-11-12)17-21-5-3-6-22-17/h3,5-6,8-11,19H,4,7H2,1-2H3. The Bertz CT molecular complexity index is 937. The molecule has 1 unspecified atom stereocenters. The second-order valence-corrected chi connectivity index (χ2v) is 6.05. The lowest BCUT2D eigenvalue weighted by atomic mass is 9.96. The summed E-state index contributed by atoms with van der Waals surface area (Å²) in [6.45, 7) is 0.583. The predicted molar refractivity (Wildman–Crippen MR) is 96.8 cm³/mol. The highest BCUT2D eigenvalue weighted by Gasteiger charge is 2.30. The summed E-state index contributed by atoms with van der Waals surface area (Å²) in [4.78, 5) is 19.0. The number of nitrogens with zero attached hydrogens (tertiary/aromatic N) is 5. The summed E-state index contributed by atoms with van der Waals surface area (Å²) in [5.41, 5.74) is 2.17. The first-order chi connectivity index (χ1) is 13.2. The Morgan fingerprint density at radius 1 is 1.04 bits per heavy atom. The number of aromatic nitrogens is 4. The molecule has 3 heterocycles. The fourth-order valence-corrected chi connectivity index (χ4v) is 3.27. The first-order valence-electron chi connectivity index (χ1n) is 8.46. The smallest absolute Gasteiger partial charge is 0.197 e. The van der Waals surface area contributed by atoms with Gasteiger partial charge in [-0.2, -0.15) is 0 Å². The Kier molecular flexibility index (Phi) is 4.64. The first-order valence-corrected chi connectivity index (χ1v) is 8.46. The van der Waals surface area contributed by atoms with Gasteiger partial charge in [-0.05, 0) is 24.1 Å². The van der Waals surface area contributed by atoms with Crippen molar-refractivity contribution in [2.45, 2.75) is 12.6 Å². The monoisotopic (exact) mass is 367 g/mol. The minimum absolute atomic E-state index is 0.279. The fraction of sp³-hybridized carbons (Fsp3) is 0.263. The van der Waals surface area contributed by atoms with Crippen molar-refractivity contribution in [3.05, 3.63) is 59.9 Å². The molecule has 2 aromatic heterocycles. The zero-order valence-electron chi connectivity index (χ0n) is 15.0. The molecule has 138 valence electrons. The molecule has 3 aromatic rings. The van der Waals surface area contributed by atoms with Crippen LogP contribution in [0.15, 0.2) is 43.0 Å². The molecule has 0 N–H and O–H groups in total. The Labute approximate surface area is 155 Å². The van der Waals surface area contributed by atoms with Gasteiger partial charge in [0.05, 0.1) is 25.2 Å². The summed E-state index contributed by atoms with van der Waals surface area (Å²) >= 11 is 0. The summed E-state index contributed by atoms with van der Waals surface area (Å²) in [6, 6.07) is 4.95. The van der Waals surface area contributed by atoms with Crippen LogP contribution in [-0.4, -0.2) is 40.7 Å². The van der Waals surface area contributed by atoms with Crippen molar-refractivity contribution >= 4 is 5.69 Å². The third-order valence-electron chi connectivity index (χ3n) is 4.55. The molecule has 0 saturated carbocycles. The fourth-order valence-electron chi connectivity index (χ4n) is 3.27. The van der Waals surface area contributed by atoms with Gasteiger partial charge in [0.1, 0.15) is 11.6 Å². The molecule has 0 fully saturated rings. The molecule has 8 heteroatoms. The van der Waals surface area contributed by atoms with Gasteiger partial charge >= 0.3 is 0 Å². The van der Waals surface area contributed by atoms with Crippen LogP contribution in [0.1, 0.15) is 17.4 Å². The van der Waals surface area contributed by atoms with E-state index in [9.17, 15) is 4.39 Å². The molecule has 0 amide bonds. The second kappa shape index (κ2) is 7.24. The van der Waals surface area contributed by atoms with Crippen molar-refractivity contribution in [3.8, 4) is 17.4 Å². The number of hydrogen-bond donors (Lipinski definition) is 0. The van der Waals surface area contributed by atoms with E-state index < -0.39 is 6.23 Å². The molecule has 1 aromatic carbocycles. The second-order valence-electron chi connectivity index (χ2n) is 6.05. The van der Waals surface area contributed by atoms with Crippen LogP contribution in [0.2, 0.25) is 0 Å². The minimum Gasteiger partial charge on any atom is -0.497 e. The van der Waals surface area contributed by atoms with Crippen LogP contribution in [0.4, 0.5) is 10.1 Å². The van der Waals surface area contributed by atoms with Gasteiger partial charge in [0.2, 0.25) is 0 Å². The third-order valence-corrected chi connectivity index (χ3v) is 4.55. The van der Waals surface area contributed by atoms with E-state index in [1.165, 1.54) is 13.2 Å². The number of anilines is 1. The molecule has 27 heavy (non-hydrogen) atoms. The molecule has 0 spiro atoms. The van der Waals surface area contributed by atoms with Gasteiger partial charge in [-0.15, -0.1) is 0 Å². The lowest BCUT2D eigenvalue weighted by Gasteiger charge is -2.37. The van der Waals surface area contributed by atoms with E-state index in [0.29, 0.717) is 35.9 Å². The number of ether oxygens (including phenoxy) is 2. The van der Waals surface area contributed by atoms with E-state index in [2.05, 4.69) is 19.9 Å². The van der Waals surface area contributed by atoms with Crippen molar-refractivity contribution in [1.82, 2.24) is 19.9 Å². The van der Waals surface area contributed by atoms with E-state index in [1.807, 2.05) is 11.0 Å². The highest BCUT2D eigenvalue weighted by atomic mass is 19.1. The summed E-state index contributed by atoms with van der Waals surface area (Å²) in [5, 5.41) is 0. The highest BCUT2D eigenvalue weighted by molar-refractivity contribution is 5.53. The summed E-state index contributed by atoms with van der Waals surface area (Å²) < 4.78 is 25.3. The zero-order chi connectivity index (χ0) is 18.8. The largest absolute Gasteiger partial charge is 0.497 e. The molecule has 1 atom stereocenters. The van der Waals surface area contributed by atoms with Gasteiger partial charge in [0.25, 0.3) is 0 Å². The third kappa shape index (κ3) is 3.19. The molecule has 0 radical (unpaired) electrons. The summed E-state index contributed by atoms with van der Waals surface area (Å²) in [6.07, 6.45) is 6.78. The normalized spacial score (nSPS) is 16.1. The average molecular weight is 367 g/mol. The molecule has 4 rings (SSSR count). The maximum absolute atomic E-state index is 14.4. The van der Waals surface area contributed by atoms with Crippen molar-refractivity contribution in [2.24, 2.45) is 0 Å². The van der Waals surface area contributed by atoms with Crippen LogP contribution in [0.3, 0.4) is 0 Å². The van der Waals surface area contributed by atoms with Crippen LogP contribution in [0, 0.1) is 5.82 Å². The molecule has 1 aliphatic rings. The number of benzene rings is 1. The van der Waals surface area contributed by atoms with Crippen LogP contribution >= 0.6 is 0 Å². The van der Waals surface area contributed by atoms with E-state index >= 15 is 0 Å². The van der Waals surface area contributed by atoms with E-state index in [-0.39, 0.29) is 5.82 Å². The van der Waals surface area contributed by atoms with Crippen LogP contribution in [-0.2, 0) is 11.2 Å². The zero-order valence-corrected chi connectivity index (χ0v) is 15.0. The Hall–Kier alpha value is -3.13. The van der Waals surface area contributed by atoms with E-state index in [4.69, 9.17) is 9.47 Å². The SMILES string of the molecule is COc1cc(F)c2c(c1)C(OC)N(c1cnc(-c3ncccn3)nc1)CC2. The van der Waals surface area contributed by atoms with Crippen LogP contribution < -0.4 is 9.64 Å². The quantitative estimate of drug-likeness (QED) is 0.702. The van der Waals surface area contributed by atoms with Crippen molar-refractivity contribution < 1.29 is 13.9 Å². The Morgan fingerprint density at radius 2 is 1.74 bits per heavy atom. The topological polar surface area (TPSA) is 73.3 Å². The Balaban J connectivity index is 1.67. The maximum Gasteiger partial charge on any atom is 0.197 e. The molecule has 1 aliphatic heterocycles. The van der Waals surface area contributed by atoms with Gasteiger partial charge in [-0.25, -0.2) is 24.3 Å². The van der Waals surface area contributed by atoms with Gasteiger partial charge in [-0.3, -0.25) is 0 Å². The summed E-state index contributed by atoms with van der Waals surface area (Å²) in [5.74, 6) is 1.09. The predicted octanol–water partition coefficient (Wildman–Crippen LogP) is 2.79. The number of rotatable bonds is 4. The number of methoxy groups -OCH3 is 2. The molecular weight excluding hydrogens is 349 g/mol. The highest BCUT2D eigenvalue weighted by Crippen LogP contribution is 2.37. The molecular formula is C19H18FN5O2. The van der Waals surface area contributed by atoms with Gasteiger partial charge in [0, 0.05) is 37.7 Å². The van der Waals surface area contributed by atoms with Crippen LogP contribution in [0.5, 0.6) is 5.75 Å². The van der Waals surface area contributed by atoms with Crippen molar-refractivity contribution in [1.29, 1.82) is 0 Å². The van der Waals surface area contributed by atoms with E-state index in [1.54, 1.807) is 38.0 Å². The minimum atomic E-state index is -0.458. The average Bonchev–Trinajstić information content (AvgIpc) is 2.73. The lowest BCUT2D eigenvalue weighted by molar-refractivity contribution is 0.0934.